The molecule has 3 N–H and O–H groups in total. The molecule has 0 aliphatic carbocycles. The van der Waals surface area contributed by atoms with E-state index in [0.717, 1.165) is 0 Å². The van der Waals surface area contributed by atoms with E-state index in [1.807, 2.05) is 20.8 Å². The van der Waals surface area contributed by atoms with Gasteiger partial charge in [0.15, 0.2) is 0 Å². The topological polar surface area (TPSA) is 64.3 Å². The van der Waals surface area contributed by atoms with Crippen molar-refractivity contribution in [3.05, 3.63) is 23.2 Å². The summed E-state index contributed by atoms with van der Waals surface area (Å²) in [7, 11) is 1.55. The van der Waals surface area contributed by atoms with Crippen LogP contribution in [0.15, 0.2) is 18.2 Å². The fourth-order valence-electron chi connectivity index (χ4n) is 1.33. The lowest BCUT2D eigenvalue weighted by molar-refractivity contribution is -0.119. The first-order valence-corrected chi connectivity index (χ1v) is 6.03. The Morgan fingerprint density at radius 3 is 2.56 bits per heavy atom. The van der Waals surface area contributed by atoms with Crippen LogP contribution in [0.4, 0.5) is 5.69 Å². The van der Waals surface area contributed by atoms with E-state index in [9.17, 15) is 4.79 Å². The molecule has 1 amide bonds. The molecule has 0 saturated carbocycles. The molecule has 0 spiro atoms. The van der Waals surface area contributed by atoms with Gasteiger partial charge in [0, 0.05) is 6.07 Å². The van der Waals surface area contributed by atoms with E-state index in [1.165, 1.54) is 0 Å². The number of ether oxygens (including phenoxy) is 1. The van der Waals surface area contributed by atoms with Gasteiger partial charge in [-0.25, -0.2) is 0 Å². The first-order chi connectivity index (χ1) is 8.25. The second kappa shape index (κ2) is 5.59. The average Bonchev–Trinajstić information content (AvgIpc) is 2.29. The molecule has 0 saturated heterocycles. The summed E-state index contributed by atoms with van der Waals surface area (Å²) in [5, 5.41) is 3.16. The van der Waals surface area contributed by atoms with Crippen LogP contribution in [0.5, 0.6) is 5.75 Å². The molecule has 4 nitrogen and oxygen atoms in total. The van der Waals surface area contributed by atoms with Gasteiger partial charge in [-0.05, 0) is 17.5 Å². The van der Waals surface area contributed by atoms with Crippen LogP contribution in [0.25, 0.3) is 0 Å². The molecule has 0 radical (unpaired) electrons. The Labute approximate surface area is 112 Å². The highest BCUT2D eigenvalue weighted by molar-refractivity contribution is 6.33. The van der Waals surface area contributed by atoms with Crippen LogP contribution in [0.1, 0.15) is 20.8 Å². The summed E-state index contributed by atoms with van der Waals surface area (Å²) < 4.78 is 5.08. The largest absolute Gasteiger partial charge is 0.497 e. The highest BCUT2D eigenvalue weighted by Gasteiger charge is 2.27. The van der Waals surface area contributed by atoms with Gasteiger partial charge >= 0.3 is 0 Å². The molecular formula is C13H19ClN2O2. The lowest BCUT2D eigenvalue weighted by Gasteiger charge is -2.26. The molecule has 0 aromatic heterocycles. The summed E-state index contributed by atoms with van der Waals surface area (Å²) in [6, 6.07) is 4.44. The SMILES string of the molecule is COc1ccc(Cl)c(NC(=O)[C@H](N)C(C)(C)C)c1. The van der Waals surface area contributed by atoms with E-state index in [1.54, 1.807) is 25.3 Å². The zero-order valence-corrected chi connectivity index (χ0v) is 11.8. The number of rotatable bonds is 3. The number of halogens is 1. The van der Waals surface area contributed by atoms with Gasteiger partial charge in [-0.2, -0.15) is 0 Å². The number of carbonyl (C=O) groups is 1. The molecule has 0 heterocycles. The molecule has 100 valence electrons. The number of hydrogen-bond donors (Lipinski definition) is 2. The molecular weight excluding hydrogens is 252 g/mol. The van der Waals surface area contributed by atoms with E-state index in [-0.39, 0.29) is 11.3 Å². The van der Waals surface area contributed by atoms with Crippen molar-refractivity contribution in [2.24, 2.45) is 11.1 Å². The molecule has 0 unspecified atom stereocenters. The minimum Gasteiger partial charge on any atom is -0.497 e. The fraction of sp³-hybridized carbons (Fsp3) is 0.462. The van der Waals surface area contributed by atoms with Gasteiger partial charge in [-0.1, -0.05) is 32.4 Å². The van der Waals surface area contributed by atoms with Crippen LogP contribution in [0, 0.1) is 5.41 Å². The van der Waals surface area contributed by atoms with Gasteiger partial charge in [0.1, 0.15) is 5.75 Å². The highest BCUT2D eigenvalue weighted by atomic mass is 35.5. The molecule has 0 aliphatic heterocycles. The minimum absolute atomic E-state index is 0.266. The Kier molecular flexibility index (Phi) is 4.59. The van der Waals surface area contributed by atoms with Gasteiger partial charge in [-0.3, -0.25) is 4.79 Å². The molecule has 1 atom stereocenters. The standard InChI is InChI=1S/C13H19ClN2O2/c1-13(2,3)11(15)12(17)16-10-7-8(18-4)5-6-9(10)14/h5-7,11H,15H2,1-4H3,(H,16,17)/t11-/m0/s1. The van der Waals surface area contributed by atoms with Gasteiger partial charge in [-0.15, -0.1) is 0 Å². The predicted octanol–water partition coefficient (Wildman–Crippen LogP) is 2.66. The quantitative estimate of drug-likeness (QED) is 0.887. The molecule has 5 heteroatoms. The number of nitrogens with one attached hydrogen (secondary N) is 1. The zero-order chi connectivity index (χ0) is 13.9. The second-order valence-electron chi connectivity index (χ2n) is 5.18. The van der Waals surface area contributed by atoms with Crippen LogP contribution < -0.4 is 15.8 Å². The number of amides is 1. The molecule has 0 bridgehead atoms. The van der Waals surface area contributed by atoms with Crippen molar-refractivity contribution in [2.45, 2.75) is 26.8 Å². The summed E-state index contributed by atoms with van der Waals surface area (Å²) in [6.07, 6.45) is 0. The van der Waals surface area contributed by atoms with E-state index < -0.39 is 6.04 Å². The monoisotopic (exact) mass is 270 g/mol. The smallest absolute Gasteiger partial charge is 0.241 e. The normalized spacial score (nSPS) is 13.0. The van der Waals surface area contributed by atoms with Crippen LogP contribution >= 0.6 is 11.6 Å². The lowest BCUT2D eigenvalue weighted by atomic mass is 9.87. The van der Waals surface area contributed by atoms with Gasteiger partial charge in [0.05, 0.1) is 23.9 Å². The molecule has 1 rings (SSSR count). The maximum absolute atomic E-state index is 12.0. The van der Waals surface area contributed by atoms with Gasteiger partial charge in [0.25, 0.3) is 0 Å². The number of anilines is 1. The van der Waals surface area contributed by atoms with Crippen LogP contribution in [0.2, 0.25) is 5.02 Å². The van der Waals surface area contributed by atoms with E-state index in [0.29, 0.717) is 16.5 Å². The summed E-state index contributed by atoms with van der Waals surface area (Å²) in [4.78, 5) is 12.0. The van der Waals surface area contributed by atoms with Crippen molar-refractivity contribution in [3.8, 4) is 5.75 Å². The first kappa shape index (κ1) is 14.8. The minimum atomic E-state index is -0.611. The second-order valence-corrected chi connectivity index (χ2v) is 5.59. The third-order valence-electron chi connectivity index (χ3n) is 2.65. The number of nitrogens with two attached hydrogens (primary N) is 1. The Bertz CT molecular complexity index is 441. The lowest BCUT2D eigenvalue weighted by Crippen LogP contribution is -2.45. The van der Waals surface area contributed by atoms with Crippen LogP contribution in [0.3, 0.4) is 0 Å². The van der Waals surface area contributed by atoms with Gasteiger partial charge in [0.2, 0.25) is 5.91 Å². The Morgan fingerprint density at radius 2 is 2.06 bits per heavy atom. The molecule has 18 heavy (non-hydrogen) atoms. The maximum atomic E-state index is 12.0. The van der Waals surface area contributed by atoms with Crippen molar-refractivity contribution < 1.29 is 9.53 Å². The fourth-order valence-corrected chi connectivity index (χ4v) is 1.50. The summed E-state index contributed by atoms with van der Waals surface area (Å²) >= 11 is 6.01. The van der Waals surface area contributed by atoms with E-state index in [4.69, 9.17) is 22.1 Å². The Morgan fingerprint density at radius 1 is 1.44 bits per heavy atom. The number of carbonyl (C=O) groups excluding carboxylic acids is 1. The van der Waals surface area contributed by atoms with Crippen molar-refractivity contribution in [2.75, 3.05) is 12.4 Å². The van der Waals surface area contributed by atoms with Crippen molar-refractivity contribution in [3.63, 3.8) is 0 Å². The number of methoxy groups -OCH3 is 1. The molecule has 1 aromatic carbocycles. The first-order valence-electron chi connectivity index (χ1n) is 5.65. The zero-order valence-electron chi connectivity index (χ0n) is 11.1. The molecule has 0 fully saturated rings. The van der Waals surface area contributed by atoms with Crippen LogP contribution in [-0.2, 0) is 4.79 Å². The molecule has 1 aromatic rings. The Hall–Kier alpha value is -1.26. The van der Waals surface area contributed by atoms with Crippen LogP contribution in [-0.4, -0.2) is 19.1 Å². The predicted molar refractivity (Wildman–Crippen MR) is 74.1 cm³/mol. The van der Waals surface area contributed by atoms with Crippen molar-refractivity contribution in [1.82, 2.24) is 0 Å². The number of benzene rings is 1. The van der Waals surface area contributed by atoms with E-state index >= 15 is 0 Å². The number of hydrogen-bond acceptors (Lipinski definition) is 3. The third-order valence-corrected chi connectivity index (χ3v) is 2.98. The van der Waals surface area contributed by atoms with Crippen molar-refractivity contribution in [1.29, 1.82) is 0 Å². The summed E-state index contributed by atoms with van der Waals surface area (Å²) in [5.41, 5.74) is 6.07. The maximum Gasteiger partial charge on any atom is 0.241 e. The Balaban J connectivity index is 2.88. The highest BCUT2D eigenvalue weighted by Crippen LogP contribution is 2.27. The van der Waals surface area contributed by atoms with Gasteiger partial charge < -0.3 is 15.8 Å². The van der Waals surface area contributed by atoms with E-state index in [2.05, 4.69) is 5.32 Å². The molecule has 0 aliphatic rings. The summed E-state index contributed by atoms with van der Waals surface area (Å²) in [5.74, 6) is 0.358. The summed E-state index contributed by atoms with van der Waals surface area (Å²) in [6.45, 7) is 5.72. The van der Waals surface area contributed by atoms with Crippen molar-refractivity contribution >= 4 is 23.2 Å². The average molecular weight is 271 g/mol. The third kappa shape index (κ3) is 3.62.